The third kappa shape index (κ3) is 5.21. The Hall–Kier alpha value is -4.11. The molecule has 3 nitrogen and oxygen atoms in total. The van der Waals surface area contributed by atoms with Crippen LogP contribution in [0.1, 0.15) is 28.7 Å². The summed E-state index contributed by atoms with van der Waals surface area (Å²) in [5, 5.41) is 8.79. The molecule has 0 spiro atoms. The van der Waals surface area contributed by atoms with Crippen molar-refractivity contribution in [1.82, 2.24) is 0 Å². The van der Waals surface area contributed by atoms with Crippen LogP contribution in [0.3, 0.4) is 0 Å². The number of carbonyl (C=O) groups is 1. The van der Waals surface area contributed by atoms with Gasteiger partial charge in [0.1, 0.15) is 5.75 Å². The van der Waals surface area contributed by atoms with Gasteiger partial charge in [-0.15, -0.1) is 0 Å². The number of benzene rings is 4. The molecule has 33 heavy (non-hydrogen) atoms. The second kappa shape index (κ2) is 10.5. The van der Waals surface area contributed by atoms with E-state index in [9.17, 15) is 4.79 Å². The minimum Gasteiger partial charge on any atom is -0.494 e. The number of aliphatic carboxylic acids is 1. The summed E-state index contributed by atoms with van der Waals surface area (Å²) >= 11 is 0. The molecule has 0 radical (unpaired) electrons. The number of rotatable bonds is 9. The van der Waals surface area contributed by atoms with Crippen LogP contribution in [0, 0.1) is 0 Å². The molecule has 0 unspecified atom stereocenters. The zero-order valence-electron chi connectivity index (χ0n) is 18.3. The average Bonchev–Trinajstić information content (AvgIpc) is 2.88. The first-order valence-electron chi connectivity index (χ1n) is 11.0. The van der Waals surface area contributed by atoms with Gasteiger partial charge in [0, 0.05) is 11.5 Å². The SMILES string of the molecule is O=C(O)C=Cc1ccc(OCCC(c2ccccc2)(c2ccccc2)c2ccccc2)cc1. The summed E-state index contributed by atoms with van der Waals surface area (Å²) < 4.78 is 6.17. The molecule has 0 aliphatic rings. The lowest BCUT2D eigenvalue weighted by Crippen LogP contribution is -2.31. The van der Waals surface area contributed by atoms with Crippen LogP contribution in [-0.2, 0) is 10.2 Å². The topological polar surface area (TPSA) is 46.5 Å². The fraction of sp³-hybridized carbons (Fsp3) is 0.100. The number of ether oxygens (including phenoxy) is 1. The van der Waals surface area contributed by atoms with Gasteiger partial charge >= 0.3 is 5.97 Å². The largest absolute Gasteiger partial charge is 0.494 e. The van der Waals surface area contributed by atoms with Crippen molar-refractivity contribution in [2.75, 3.05) is 6.61 Å². The molecule has 4 rings (SSSR count). The molecule has 0 aromatic heterocycles. The van der Waals surface area contributed by atoms with Gasteiger partial charge in [0.05, 0.1) is 6.61 Å². The Labute approximate surface area is 194 Å². The van der Waals surface area contributed by atoms with Gasteiger partial charge in [-0.3, -0.25) is 0 Å². The molecule has 0 bridgehead atoms. The van der Waals surface area contributed by atoms with Crippen LogP contribution in [0.15, 0.2) is 121 Å². The number of carboxylic acid groups (broad SMARTS) is 1. The van der Waals surface area contributed by atoms with Crippen molar-refractivity contribution in [2.45, 2.75) is 11.8 Å². The summed E-state index contributed by atoms with van der Waals surface area (Å²) in [7, 11) is 0. The molecular formula is C30H26O3. The number of hydrogen-bond acceptors (Lipinski definition) is 2. The van der Waals surface area contributed by atoms with Crippen LogP contribution >= 0.6 is 0 Å². The highest BCUT2D eigenvalue weighted by atomic mass is 16.5. The Balaban J connectivity index is 1.64. The molecule has 0 amide bonds. The van der Waals surface area contributed by atoms with Crippen molar-refractivity contribution in [1.29, 1.82) is 0 Å². The van der Waals surface area contributed by atoms with Crippen LogP contribution in [0.5, 0.6) is 5.75 Å². The quantitative estimate of drug-likeness (QED) is 0.239. The monoisotopic (exact) mass is 434 g/mol. The highest BCUT2D eigenvalue weighted by molar-refractivity contribution is 5.85. The zero-order valence-corrected chi connectivity index (χ0v) is 18.3. The average molecular weight is 435 g/mol. The maximum absolute atomic E-state index is 10.7. The lowest BCUT2D eigenvalue weighted by Gasteiger charge is -2.36. The fourth-order valence-electron chi connectivity index (χ4n) is 4.27. The first-order chi connectivity index (χ1) is 16.2. The highest BCUT2D eigenvalue weighted by Crippen LogP contribution is 2.42. The lowest BCUT2D eigenvalue weighted by atomic mass is 9.67. The molecule has 0 saturated carbocycles. The summed E-state index contributed by atoms with van der Waals surface area (Å²) in [5.74, 6) is -0.208. The van der Waals surface area contributed by atoms with Gasteiger partial charge in [0.15, 0.2) is 0 Å². The van der Waals surface area contributed by atoms with Gasteiger partial charge in [0.25, 0.3) is 0 Å². The number of hydrogen-bond donors (Lipinski definition) is 1. The molecule has 3 heteroatoms. The molecule has 0 saturated heterocycles. The van der Waals surface area contributed by atoms with E-state index in [4.69, 9.17) is 9.84 Å². The smallest absolute Gasteiger partial charge is 0.328 e. The molecule has 0 heterocycles. The molecule has 0 aliphatic heterocycles. The normalized spacial score (nSPS) is 11.4. The predicted molar refractivity (Wildman–Crippen MR) is 132 cm³/mol. The van der Waals surface area contributed by atoms with E-state index in [1.807, 2.05) is 42.5 Å². The van der Waals surface area contributed by atoms with E-state index in [0.29, 0.717) is 6.61 Å². The second-order valence-corrected chi connectivity index (χ2v) is 7.84. The molecule has 1 N–H and O–H groups in total. The Morgan fingerprint density at radius 2 is 1.15 bits per heavy atom. The summed E-state index contributed by atoms with van der Waals surface area (Å²) in [6, 6.07) is 39.2. The van der Waals surface area contributed by atoms with E-state index in [1.54, 1.807) is 6.08 Å². The molecule has 4 aromatic carbocycles. The van der Waals surface area contributed by atoms with Crippen molar-refractivity contribution in [3.8, 4) is 5.75 Å². The van der Waals surface area contributed by atoms with Gasteiger partial charge < -0.3 is 9.84 Å². The molecule has 164 valence electrons. The van der Waals surface area contributed by atoms with Gasteiger partial charge in [-0.05, 0) is 46.9 Å². The Morgan fingerprint density at radius 1 is 0.697 bits per heavy atom. The summed E-state index contributed by atoms with van der Waals surface area (Å²) in [6.07, 6.45) is 3.45. The van der Waals surface area contributed by atoms with E-state index in [-0.39, 0.29) is 5.41 Å². The van der Waals surface area contributed by atoms with Gasteiger partial charge in [-0.1, -0.05) is 103 Å². The van der Waals surface area contributed by atoms with Crippen LogP contribution in [0.2, 0.25) is 0 Å². The van der Waals surface area contributed by atoms with Crippen LogP contribution in [-0.4, -0.2) is 17.7 Å². The minimum atomic E-state index is -0.964. The van der Waals surface area contributed by atoms with E-state index in [2.05, 4.69) is 72.8 Å². The van der Waals surface area contributed by atoms with Crippen LogP contribution in [0.4, 0.5) is 0 Å². The molecule has 0 atom stereocenters. The molecule has 0 fully saturated rings. The lowest BCUT2D eigenvalue weighted by molar-refractivity contribution is -0.131. The van der Waals surface area contributed by atoms with Crippen molar-refractivity contribution in [3.63, 3.8) is 0 Å². The Morgan fingerprint density at radius 3 is 1.58 bits per heavy atom. The summed E-state index contributed by atoms with van der Waals surface area (Å²) in [4.78, 5) is 10.7. The predicted octanol–water partition coefficient (Wildman–Crippen LogP) is 6.59. The van der Waals surface area contributed by atoms with E-state index in [0.717, 1.165) is 23.8 Å². The van der Waals surface area contributed by atoms with Crippen molar-refractivity contribution in [2.24, 2.45) is 0 Å². The molecular weight excluding hydrogens is 408 g/mol. The third-order valence-electron chi connectivity index (χ3n) is 5.84. The first kappa shape index (κ1) is 22.1. The van der Waals surface area contributed by atoms with Gasteiger partial charge in [-0.2, -0.15) is 0 Å². The Kier molecular flexibility index (Phi) is 7.01. The second-order valence-electron chi connectivity index (χ2n) is 7.84. The van der Waals surface area contributed by atoms with Crippen LogP contribution in [0.25, 0.3) is 6.08 Å². The standard InChI is InChI=1S/C30H26O3/c31-29(32)21-18-24-16-19-28(20-17-24)33-23-22-30(25-10-4-1-5-11-25,26-12-6-2-7-13-26)27-14-8-3-9-15-27/h1-21H,22-23H2,(H,31,32). The fourth-order valence-corrected chi connectivity index (χ4v) is 4.27. The number of carboxylic acids is 1. The molecule has 0 aliphatic carbocycles. The maximum Gasteiger partial charge on any atom is 0.328 e. The first-order valence-corrected chi connectivity index (χ1v) is 11.0. The minimum absolute atomic E-state index is 0.353. The van der Waals surface area contributed by atoms with Gasteiger partial charge in [0.2, 0.25) is 0 Å². The van der Waals surface area contributed by atoms with E-state index >= 15 is 0 Å². The summed E-state index contributed by atoms with van der Waals surface area (Å²) in [6.45, 7) is 0.517. The van der Waals surface area contributed by atoms with Crippen LogP contribution < -0.4 is 4.74 Å². The van der Waals surface area contributed by atoms with Gasteiger partial charge in [-0.25, -0.2) is 4.79 Å². The zero-order chi connectivity index (χ0) is 22.9. The van der Waals surface area contributed by atoms with Crippen molar-refractivity contribution < 1.29 is 14.6 Å². The van der Waals surface area contributed by atoms with Crippen molar-refractivity contribution >= 4 is 12.0 Å². The maximum atomic E-state index is 10.7. The molecule has 4 aromatic rings. The van der Waals surface area contributed by atoms with E-state index < -0.39 is 5.97 Å². The Bertz CT molecular complexity index is 1090. The third-order valence-corrected chi connectivity index (χ3v) is 5.84. The van der Waals surface area contributed by atoms with Crippen molar-refractivity contribution in [3.05, 3.63) is 144 Å². The summed E-state index contributed by atoms with van der Waals surface area (Å²) in [5.41, 5.74) is 4.13. The van der Waals surface area contributed by atoms with E-state index in [1.165, 1.54) is 16.7 Å². The highest BCUT2D eigenvalue weighted by Gasteiger charge is 2.36.